The highest BCUT2D eigenvalue weighted by atomic mass is 28.3. The number of unbranched alkanes of at least 4 members (excludes halogenated alkanes) is 5. The Balaban J connectivity index is 1.43. The normalized spacial score (nSPS) is 44.6. The van der Waals surface area contributed by atoms with Crippen molar-refractivity contribution in [1.29, 1.82) is 0 Å². The van der Waals surface area contributed by atoms with Gasteiger partial charge in [-0.1, -0.05) is 169 Å². The number of fused-ring (bicyclic) bond motifs is 6. The molecule has 0 radical (unpaired) electrons. The van der Waals surface area contributed by atoms with Crippen LogP contribution in [0.15, 0.2) is 97.2 Å². The Morgan fingerprint density at radius 1 is 0.526 bits per heavy atom. The van der Waals surface area contributed by atoms with Crippen molar-refractivity contribution < 1.29 is 0 Å². The van der Waals surface area contributed by atoms with Crippen LogP contribution in [0.4, 0.5) is 0 Å². The molecule has 2 saturated carbocycles. The van der Waals surface area contributed by atoms with Crippen LogP contribution in [0.3, 0.4) is 0 Å². The van der Waals surface area contributed by atoms with Crippen molar-refractivity contribution in [3.05, 3.63) is 97.2 Å². The summed E-state index contributed by atoms with van der Waals surface area (Å²) in [5.41, 5.74) is 2.07. The summed E-state index contributed by atoms with van der Waals surface area (Å²) in [6, 6.07) is 1.49. The Morgan fingerprint density at radius 3 is 1.47 bits per heavy atom. The van der Waals surface area contributed by atoms with Crippen molar-refractivity contribution in [1.82, 2.24) is 0 Å². The molecule has 0 spiro atoms. The van der Waals surface area contributed by atoms with Crippen LogP contribution in [0, 0.1) is 46.3 Å². The van der Waals surface area contributed by atoms with Gasteiger partial charge >= 0.3 is 0 Å². The van der Waals surface area contributed by atoms with Crippen molar-refractivity contribution in [2.75, 3.05) is 0 Å². The second-order valence-electron chi connectivity index (χ2n) is 14.1. The van der Waals surface area contributed by atoms with Gasteiger partial charge in [0.1, 0.15) is 0 Å². The van der Waals surface area contributed by atoms with Crippen molar-refractivity contribution in [3.8, 4) is 0 Å². The third kappa shape index (κ3) is 3.97. The summed E-state index contributed by atoms with van der Waals surface area (Å²) < 4.78 is 0. The van der Waals surface area contributed by atoms with Crippen LogP contribution in [-0.4, -0.2) is 8.07 Å². The third-order valence-corrected chi connectivity index (χ3v) is 18.2. The lowest BCUT2D eigenvalue weighted by Gasteiger charge is -2.49. The Labute approximate surface area is 234 Å². The molecule has 6 rings (SSSR count). The lowest BCUT2D eigenvalue weighted by atomic mass is 9.70. The Morgan fingerprint density at radius 2 is 0.947 bits per heavy atom. The minimum Gasteiger partial charge on any atom is -0.0808 e. The van der Waals surface area contributed by atoms with Crippen LogP contribution in [0.5, 0.6) is 0 Å². The van der Waals surface area contributed by atoms with Crippen molar-refractivity contribution in [2.45, 2.75) is 83.0 Å². The average molecular weight is 523 g/mol. The van der Waals surface area contributed by atoms with E-state index < -0.39 is 8.07 Å². The second-order valence-corrected chi connectivity index (χ2v) is 18.9. The van der Waals surface area contributed by atoms with E-state index in [-0.39, 0.29) is 10.8 Å². The smallest absolute Gasteiger partial charge is 0.0591 e. The molecule has 6 aliphatic rings. The number of hydrogen-bond donors (Lipinski definition) is 0. The molecular weight excluding hydrogens is 472 g/mol. The number of rotatable bonds is 9. The molecule has 0 saturated heterocycles. The minimum absolute atomic E-state index is 0.243. The highest BCUT2D eigenvalue weighted by molar-refractivity contribution is 6.82. The molecule has 0 nitrogen and oxygen atoms in total. The Kier molecular flexibility index (Phi) is 7.13. The van der Waals surface area contributed by atoms with Gasteiger partial charge < -0.3 is 0 Å². The molecule has 1 heteroatoms. The average Bonchev–Trinajstić information content (AvgIpc) is 3.37. The van der Waals surface area contributed by atoms with Crippen LogP contribution >= 0.6 is 0 Å². The zero-order chi connectivity index (χ0) is 26.4. The molecule has 0 N–H and O–H groups in total. The Hall–Kier alpha value is -1.86. The molecular formula is C37H50Si. The van der Waals surface area contributed by atoms with Gasteiger partial charge in [-0.3, -0.25) is 0 Å². The van der Waals surface area contributed by atoms with Crippen molar-refractivity contribution >= 4 is 8.07 Å². The zero-order valence-electron chi connectivity index (χ0n) is 24.3. The quantitative estimate of drug-likeness (QED) is 0.209. The first kappa shape index (κ1) is 26.4. The predicted octanol–water partition coefficient (Wildman–Crippen LogP) is 10.4. The molecule has 0 aromatic heterocycles. The fraction of sp³-hybridized carbons (Fsp3) is 0.568. The molecule has 38 heavy (non-hydrogen) atoms. The van der Waals surface area contributed by atoms with Gasteiger partial charge in [0.2, 0.25) is 0 Å². The zero-order valence-corrected chi connectivity index (χ0v) is 25.3. The molecule has 0 aliphatic heterocycles. The molecule has 0 bridgehead atoms. The summed E-state index contributed by atoms with van der Waals surface area (Å²) in [5.74, 6) is 3.93. The van der Waals surface area contributed by atoms with E-state index in [1.54, 1.807) is 0 Å². The van der Waals surface area contributed by atoms with E-state index in [0.29, 0.717) is 35.5 Å². The summed E-state index contributed by atoms with van der Waals surface area (Å²) in [6.45, 7) is 10.4. The SMILES string of the molecule is CCCCCCCC[Si](C)(C1C2C=CC=CC2C2(C)C=CC=CC12)C1C2C=CC=CC2C2(C)C=CC=CC12. The van der Waals surface area contributed by atoms with Crippen molar-refractivity contribution in [2.24, 2.45) is 46.3 Å². The first-order chi connectivity index (χ1) is 18.4. The molecule has 0 aromatic carbocycles. The molecule has 2 fully saturated rings. The van der Waals surface area contributed by atoms with E-state index in [1.807, 2.05) is 0 Å². The van der Waals surface area contributed by atoms with E-state index in [1.165, 1.54) is 44.6 Å². The van der Waals surface area contributed by atoms with Gasteiger partial charge in [0.15, 0.2) is 0 Å². The summed E-state index contributed by atoms with van der Waals surface area (Å²) in [4.78, 5) is 0. The highest BCUT2D eigenvalue weighted by Crippen LogP contribution is 2.72. The summed E-state index contributed by atoms with van der Waals surface area (Å²) in [5, 5.41) is 0. The molecule has 10 atom stereocenters. The predicted molar refractivity (Wildman–Crippen MR) is 168 cm³/mol. The maximum atomic E-state index is 2.90. The molecule has 6 aliphatic carbocycles. The van der Waals surface area contributed by atoms with Crippen LogP contribution in [0.25, 0.3) is 0 Å². The molecule has 0 amide bonds. The fourth-order valence-electron chi connectivity index (χ4n) is 10.4. The van der Waals surface area contributed by atoms with Crippen molar-refractivity contribution in [3.63, 3.8) is 0 Å². The van der Waals surface area contributed by atoms with Gasteiger partial charge in [-0.15, -0.1) is 0 Å². The van der Waals surface area contributed by atoms with Crippen LogP contribution in [0.2, 0.25) is 23.7 Å². The summed E-state index contributed by atoms with van der Waals surface area (Å²) >= 11 is 0. The Bertz CT molecular complexity index is 1050. The fourth-order valence-corrected chi connectivity index (χ4v) is 17.5. The summed E-state index contributed by atoms with van der Waals surface area (Å²) in [6.07, 6.45) is 48.3. The van der Waals surface area contributed by atoms with Gasteiger partial charge in [0, 0.05) is 0 Å². The monoisotopic (exact) mass is 522 g/mol. The van der Waals surface area contributed by atoms with E-state index >= 15 is 0 Å². The standard InChI is InChI=1S/C37H50Si/c1-5-6-7-8-9-18-27-38(4,34-28-19-10-12-21-30(28)36(2)25-16-14-23-32(34)36)35-29-20-11-13-22-31(29)37(3)26-17-15-24-33(35)37/h10-17,19-26,28-35H,5-9,18,27H2,1-4H3. The van der Waals surface area contributed by atoms with Crippen LogP contribution < -0.4 is 0 Å². The molecule has 10 unspecified atom stereocenters. The molecule has 0 heterocycles. The minimum atomic E-state index is -1.82. The van der Waals surface area contributed by atoms with E-state index in [9.17, 15) is 0 Å². The topological polar surface area (TPSA) is 0 Å². The van der Waals surface area contributed by atoms with E-state index in [2.05, 4.69) is 125 Å². The number of hydrogen-bond acceptors (Lipinski definition) is 0. The first-order valence-electron chi connectivity index (χ1n) is 15.9. The maximum Gasteiger partial charge on any atom is 0.0591 e. The first-order valence-corrected chi connectivity index (χ1v) is 18.7. The second kappa shape index (κ2) is 10.3. The molecule has 0 aromatic rings. The van der Waals surface area contributed by atoms with Crippen LogP contribution in [-0.2, 0) is 0 Å². The summed E-state index contributed by atoms with van der Waals surface area (Å²) in [7, 11) is -1.82. The van der Waals surface area contributed by atoms with Gasteiger partial charge in [-0.2, -0.15) is 0 Å². The van der Waals surface area contributed by atoms with Crippen LogP contribution in [0.1, 0.15) is 59.3 Å². The largest absolute Gasteiger partial charge is 0.0808 e. The van der Waals surface area contributed by atoms with E-state index in [0.717, 1.165) is 11.1 Å². The maximum absolute atomic E-state index is 2.90. The van der Waals surface area contributed by atoms with Gasteiger partial charge in [-0.05, 0) is 57.4 Å². The van der Waals surface area contributed by atoms with Gasteiger partial charge in [0.25, 0.3) is 0 Å². The lowest BCUT2D eigenvalue weighted by Crippen LogP contribution is -2.49. The van der Waals surface area contributed by atoms with E-state index in [4.69, 9.17) is 0 Å². The molecule has 202 valence electrons. The highest BCUT2D eigenvalue weighted by Gasteiger charge is 2.67. The third-order valence-electron chi connectivity index (χ3n) is 12.2. The van der Waals surface area contributed by atoms with Gasteiger partial charge in [-0.25, -0.2) is 0 Å². The van der Waals surface area contributed by atoms with Gasteiger partial charge in [0.05, 0.1) is 8.07 Å². The number of allylic oxidation sites excluding steroid dienone is 16. The lowest BCUT2D eigenvalue weighted by molar-refractivity contribution is 0.287.